The van der Waals surface area contributed by atoms with E-state index in [1.165, 1.54) is 6.92 Å². The van der Waals surface area contributed by atoms with E-state index in [4.69, 9.17) is 38.0 Å². The van der Waals surface area contributed by atoms with Crippen molar-refractivity contribution in [2.75, 3.05) is 32.8 Å². The van der Waals surface area contributed by atoms with Crippen LogP contribution in [0.25, 0.3) is 54.9 Å². The third kappa shape index (κ3) is 9.45. The Balaban J connectivity index is 1.16. The SMILES string of the molecule is COc1ccc(C(OC[C@H]2O[C@@H](n3c(-c4ccc5ccc6cccc7ccc4c5c67)nc4c(=O)[nH]c(NC(C)=O)nc43)C[C@@H]2OP(OCCC#N)N(C(C)C)C(C)C)(c2ccccc2)c2ccc(OC)cc2)cc1. The number of methoxy groups -OCH3 is 2. The lowest BCUT2D eigenvalue weighted by molar-refractivity contribution is -0.114. The normalized spacial score (nSPS) is 16.5. The molecule has 1 saturated heterocycles. The van der Waals surface area contributed by atoms with Crippen LogP contribution in [-0.2, 0) is 28.9 Å². The Labute approximate surface area is 430 Å². The molecule has 74 heavy (non-hydrogen) atoms. The maximum absolute atomic E-state index is 14.2. The number of nitrogens with one attached hydrogen (secondary N) is 2. The standard InChI is InChI=1S/C58H58N7O8P/c1-35(2)65(36(3)4)74(71-32-12-31-59)73-48-33-50(72-49(48)34-70-58(41-15-9-8-10-16-41,42-21-25-44(68-6)26-22-42)43-23-27-45(69-7)28-24-43)64-54(61-53-55(64)62-57(60-37(5)66)63-56(53)67)47-30-20-40-18-17-38-13-11-14-39-19-29-46(47)52(40)51(38)39/h8-11,13-30,35-36,48-50H,12,32-34H2,1-7H3,(H2,60,62,63,66,67)/t48-,49+,50+,74?/m0/s1. The zero-order valence-corrected chi connectivity index (χ0v) is 43.3. The number of carbonyl (C=O) groups is 1. The van der Waals surface area contributed by atoms with Gasteiger partial charge in [0, 0.05) is 31.0 Å². The lowest BCUT2D eigenvalue weighted by Crippen LogP contribution is -2.39. The maximum atomic E-state index is 14.2. The van der Waals surface area contributed by atoms with Crippen LogP contribution >= 0.6 is 8.53 Å². The minimum absolute atomic E-state index is 0.00810. The van der Waals surface area contributed by atoms with Gasteiger partial charge in [0.25, 0.3) is 14.1 Å². The molecule has 1 aliphatic rings. The van der Waals surface area contributed by atoms with Crippen LogP contribution in [0.15, 0.2) is 138 Å². The number of nitrogens with zero attached hydrogens (tertiary/aromatic N) is 5. The first-order chi connectivity index (χ1) is 35.9. The van der Waals surface area contributed by atoms with E-state index in [2.05, 4.69) is 97.3 Å². The molecule has 2 aromatic heterocycles. The van der Waals surface area contributed by atoms with Crippen molar-refractivity contribution in [1.29, 1.82) is 5.26 Å². The summed E-state index contributed by atoms with van der Waals surface area (Å²) < 4.78 is 44.0. The van der Waals surface area contributed by atoms with Crippen LogP contribution in [0.4, 0.5) is 5.95 Å². The molecule has 3 heterocycles. The van der Waals surface area contributed by atoms with Crippen molar-refractivity contribution in [2.24, 2.45) is 0 Å². The number of ether oxygens (including phenoxy) is 4. The predicted octanol–water partition coefficient (Wildman–Crippen LogP) is 11.6. The molecule has 9 aromatic rings. The smallest absolute Gasteiger partial charge is 0.280 e. The summed E-state index contributed by atoms with van der Waals surface area (Å²) in [6, 6.07) is 46.8. The molecule has 10 rings (SSSR count). The van der Waals surface area contributed by atoms with E-state index in [0.717, 1.165) is 54.6 Å². The summed E-state index contributed by atoms with van der Waals surface area (Å²) in [7, 11) is 1.48. The second-order valence-corrected chi connectivity index (χ2v) is 20.3. The molecule has 7 aromatic carbocycles. The first kappa shape index (κ1) is 50.3. The van der Waals surface area contributed by atoms with Crippen LogP contribution in [0.3, 0.4) is 0 Å². The number of anilines is 1. The second kappa shape index (κ2) is 21.3. The molecule has 1 fully saturated rings. The predicted molar refractivity (Wildman–Crippen MR) is 288 cm³/mol. The van der Waals surface area contributed by atoms with Gasteiger partial charge in [0.2, 0.25) is 11.9 Å². The highest BCUT2D eigenvalue weighted by molar-refractivity contribution is 7.44. The van der Waals surface area contributed by atoms with E-state index < -0.39 is 44.0 Å². The number of H-pyrrole nitrogens is 1. The number of carbonyl (C=O) groups excluding carboxylic acids is 1. The lowest BCUT2D eigenvalue weighted by Gasteiger charge is -2.39. The zero-order valence-electron chi connectivity index (χ0n) is 42.4. The highest BCUT2D eigenvalue weighted by Crippen LogP contribution is 2.52. The van der Waals surface area contributed by atoms with E-state index in [9.17, 15) is 14.9 Å². The summed E-state index contributed by atoms with van der Waals surface area (Å²) >= 11 is 0. The van der Waals surface area contributed by atoms with Crippen LogP contribution in [0.5, 0.6) is 11.5 Å². The Morgan fingerprint density at radius 2 is 1.43 bits per heavy atom. The van der Waals surface area contributed by atoms with Crippen molar-refractivity contribution in [1.82, 2.24) is 24.2 Å². The summed E-state index contributed by atoms with van der Waals surface area (Å²) in [5.74, 6) is 1.37. The van der Waals surface area contributed by atoms with Gasteiger partial charge in [0.1, 0.15) is 35.3 Å². The van der Waals surface area contributed by atoms with Gasteiger partial charge in [-0.25, -0.2) is 9.65 Å². The number of hydrogen-bond acceptors (Lipinski definition) is 12. The average Bonchev–Trinajstić information content (AvgIpc) is 4.00. The highest BCUT2D eigenvalue weighted by Gasteiger charge is 2.46. The molecule has 1 aliphatic heterocycles. The largest absolute Gasteiger partial charge is 0.497 e. The lowest BCUT2D eigenvalue weighted by atomic mass is 9.80. The number of rotatable bonds is 19. The molecular weight excluding hydrogens is 954 g/mol. The van der Waals surface area contributed by atoms with E-state index >= 15 is 0 Å². The van der Waals surface area contributed by atoms with E-state index in [1.54, 1.807) is 14.2 Å². The van der Waals surface area contributed by atoms with Crippen LogP contribution < -0.4 is 20.3 Å². The second-order valence-electron chi connectivity index (χ2n) is 18.9. The van der Waals surface area contributed by atoms with Gasteiger partial charge >= 0.3 is 0 Å². The van der Waals surface area contributed by atoms with Gasteiger partial charge in [0.15, 0.2) is 11.2 Å². The Morgan fingerprint density at radius 1 is 0.824 bits per heavy atom. The Kier molecular flexibility index (Phi) is 14.5. The van der Waals surface area contributed by atoms with E-state index in [0.29, 0.717) is 17.3 Å². The van der Waals surface area contributed by atoms with Crippen LogP contribution in [-0.4, -0.2) is 81.8 Å². The number of benzene rings is 7. The fraction of sp³-hybridized carbons (Fsp3) is 0.293. The van der Waals surface area contributed by atoms with Crippen molar-refractivity contribution in [3.05, 3.63) is 161 Å². The quantitative estimate of drug-likeness (QED) is 0.0340. The number of imidazole rings is 1. The minimum atomic E-state index is -1.79. The Hall–Kier alpha value is -7.28. The van der Waals surface area contributed by atoms with Crippen molar-refractivity contribution in [3.8, 4) is 29.0 Å². The molecule has 16 heteroatoms. The molecule has 378 valence electrons. The monoisotopic (exact) mass is 1010 g/mol. The molecule has 0 radical (unpaired) electrons. The van der Waals surface area contributed by atoms with Gasteiger partial charge in [0.05, 0.1) is 46.0 Å². The minimum Gasteiger partial charge on any atom is -0.497 e. The number of amides is 1. The molecule has 1 amide bonds. The molecule has 4 atom stereocenters. The number of nitriles is 1. The zero-order chi connectivity index (χ0) is 51.7. The molecule has 15 nitrogen and oxygen atoms in total. The van der Waals surface area contributed by atoms with Gasteiger partial charge in [-0.3, -0.25) is 24.5 Å². The van der Waals surface area contributed by atoms with Gasteiger partial charge < -0.3 is 28.0 Å². The number of aromatic nitrogens is 4. The molecule has 0 bridgehead atoms. The molecule has 2 N–H and O–H groups in total. The van der Waals surface area contributed by atoms with Gasteiger partial charge in [-0.2, -0.15) is 10.2 Å². The molecule has 0 aliphatic carbocycles. The van der Waals surface area contributed by atoms with Gasteiger partial charge in [-0.1, -0.05) is 109 Å². The molecule has 0 spiro atoms. The number of fused-ring (bicyclic) bond motifs is 1. The first-order valence-electron chi connectivity index (χ1n) is 24.8. The highest BCUT2D eigenvalue weighted by atomic mass is 31.2. The van der Waals surface area contributed by atoms with Crippen LogP contribution in [0.2, 0.25) is 0 Å². The van der Waals surface area contributed by atoms with Crippen molar-refractivity contribution in [3.63, 3.8) is 0 Å². The van der Waals surface area contributed by atoms with Crippen molar-refractivity contribution in [2.45, 2.75) is 83.6 Å². The first-order valence-corrected chi connectivity index (χ1v) is 25.9. The van der Waals surface area contributed by atoms with Crippen LogP contribution in [0.1, 0.15) is 70.4 Å². The Bertz CT molecular complexity index is 3470. The Morgan fingerprint density at radius 3 is 2.04 bits per heavy atom. The van der Waals surface area contributed by atoms with Gasteiger partial charge in [-0.05, 0) is 101 Å². The van der Waals surface area contributed by atoms with Crippen LogP contribution in [0, 0.1) is 11.3 Å². The van der Waals surface area contributed by atoms with E-state index in [1.807, 2.05) is 89.5 Å². The summed E-state index contributed by atoms with van der Waals surface area (Å²) in [4.78, 5) is 39.4. The van der Waals surface area contributed by atoms with E-state index in [-0.39, 0.29) is 55.3 Å². The summed E-state index contributed by atoms with van der Waals surface area (Å²) in [6.45, 7) is 9.87. The van der Waals surface area contributed by atoms with Crippen molar-refractivity contribution >= 4 is 63.9 Å². The third-order valence-electron chi connectivity index (χ3n) is 13.6. The maximum Gasteiger partial charge on any atom is 0.280 e. The molecular formula is C58H58N7O8P. The fourth-order valence-corrected chi connectivity index (χ4v) is 12.2. The number of hydrogen-bond donors (Lipinski definition) is 2. The summed E-state index contributed by atoms with van der Waals surface area (Å²) in [6.07, 6.45) is -1.93. The fourth-order valence-electron chi connectivity index (χ4n) is 10.4. The van der Waals surface area contributed by atoms with Crippen molar-refractivity contribution < 1.29 is 32.8 Å². The number of aromatic amines is 1. The topological polar surface area (TPSA) is 175 Å². The third-order valence-corrected chi connectivity index (χ3v) is 15.8. The summed E-state index contributed by atoms with van der Waals surface area (Å²) in [5, 5.41) is 18.7. The molecule has 1 unspecified atom stereocenters. The van der Waals surface area contributed by atoms with Gasteiger partial charge in [-0.15, -0.1) is 0 Å². The average molecular weight is 1010 g/mol. The molecule has 0 saturated carbocycles. The summed E-state index contributed by atoms with van der Waals surface area (Å²) in [5.41, 5.74) is 1.81.